The summed E-state index contributed by atoms with van der Waals surface area (Å²) < 4.78 is 14.5. The summed E-state index contributed by atoms with van der Waals surface area (Å²) in [4.78, 5) is 30.0. The van der Waals surface area contributed by atoms with Crippen molar-refractivity contribution in [2.45, 2.75) is 39.3 Å². The minimum Gasteiger partial charge on any atom is -0.352 e. The Morgan fingerprint density at radius 2 is 2.08 bits per heavy atom. The quantitative estimate of drug-likeness (QED) is 0.718. The summed E-state index contributed by atoms with van der Waals surface area (Å²) in [7, 11) is 0. The second-order valence-corrected chi connectivity index (χ2v) is 7.13. The molecule has 1 atom stereocenters. The summed E-state index contributed by atoms with van der Waals surface area (Å²) in [5.74, 6) is -0.547. The Bertz CT molecular complexity index is 979. The van der Waals surface area contributed by atoms with Crippen molar-refractivity contribution in [3.63, 3.8) is 0 Å². The Balaban J connectivity index is 1.93. The lowest BCUT2D eigenvalue weighted by molar-refractivity contribution is -0.122. The molecule has 3 aromatic rings. The minimum absolute atomic E-state index is 0.0656. The summed E-state index contributed by atoms with van der Waals surface area (Å²) in [5, 5.41) is 5.18. The molecule has 5 nitrogen and oxygen atoms in total. The largest absolute Gasteiger partial charge is 0.352 e. The second-order valence-electron chi connectivity index (χ2n) is 6.27. The van der Waals surface area contributed by atoms with Crippen LogP contribution < -0.4 is 10.9 Å². The van der Waals surface area contributed by atoms with Crippen molar-refractivity contribution < 1.29 is 9.18 Å². The molecule has 136 valence electrons. The number of rotatable bonds is 6. The first-order chi connectivity index (χ1) is 12.5. The third-order valence-electron chi connectivity index (χ3n) is 4.16. The zero-order valence-electron chi connectivity index (χ0n) is 14.7. The van der Waals surface area contributed by atoms with Crippen molar-refractivity contribution in [2.24, 2.45) is 0 Å². The second kappa shape index (κ2) is 7.78. The molecule has 0 saturated heterocycles. The van der Waals surface area contributed by atoms with Crippen molar-refractivity contribution >= 4 is 27.5 Å². The molecule has 0 aliphatic carbocycles. The van der Waals surface area contributed by atoms with E-state index in [1.807, 2.05) is 12.3 Å². The normalized spacial score (nSPS) is 12.3. The summed E-state index contributed by atoms with van der Waals surface area (Å²) >= 11 is 1.35. The Morgan fingerprint density at radius 3 is 2.77 bits per heavy atom. The van der Waals surface area contributed by atoms with Gasteiger partial charge in [-0.2, -0.15) is 0 Å². The molecule has 0 bridgehead atoms. The molecule has 1 aromatic carbocycles. The lowest BCUT2D eigenvalue weighted by Gasteiger charge is -2.13. The summed E-state index contributed by atoms with van der Waals surface area (Å²) in [6.45, 7) is 3.92. The van der Waals surface area contributed by atoms with E-state index in [1.54, 1.807) is 12.1 Å². The van der Waals surface area contributed by atoms with Gasteiger partial charge in [0.15, 0.2) is 0 Å². The molecule has 0 spiro atoms. The van der Waals surface area contributed by atoms with Gasteiger partial charge in [-0.05, 0) is 31.0 Å². The van der Waals surface area contributed by atoms with E-state index in [0.717, 1.165) is 18.4 Å². The number of fused-ring (bicyclic) bond motifs is 1. The van der Waals surface area contributed by atoms with E-state index in [0.29, 0.717) is 15.8 Å². The molecular formula is C19H20FN3O2S. The van der Waals surface area contributed by atoms with Crippen molar-refractivity contribution in [2.75, 3.05) is 0 Å². The topological polar surface area (TPSA) is 64.0 Å². The van der Waals surface area contributed by atoms with Gasteiger partial charge in [-0.1, -0.05) is 25.5 Å². The summed E-state index contributed by atoms with van der Waals surface area (Å²) in [5.41, 5.74) is 1.18. The maximum Gasteiger partial charge on any atom is 0.263 e. The predicted molar refractivity (Wildman–Crippen MR) is 102 cm³/mol. The van der Waals surface area contributed by atoms with Crippen LogP contribution in [0.1, 0.15) is 26.7 Å². The maximum absolute atomic E-state index is 13.2. The van der Waals surface area contributed by atoms with Gasteiger partial charge in [-0.25, -0.2) is 9.37 Å². The monoisotopic (exact) mass is 373 g/mol. The first-order valence-electron chi connectivity index (χ1n) is 8.51. The van der Waals surface area contributed by atoms with Crippen LogP contribution in [-0.4, -0.2) is 21.5 Å². The van der Waals surface area contributed by atoms with E-state index < -0.39 is 0 Å². The zero-order valence-corrected chi connectivity index (χ0v) is 15.5. The van der Waals surface area contributed by atoms with Crippen molar-refractivity contribution in [3.05, 3.63) is 52.1 Å². The number of nitrogens with one attached hydrogen (secondary N) is 1. The van der Waals surface area contributed by atoms with Crippen LogP contribution in [0.25, 0.3) is 21.3 Å². The van der Waals surface area contributed by atoms with Gasteiger partial charge in [0.2, 0.25) is 5.91 Å². The van der Waals surface area contributed by atoms with Gasteiger partial charge in [0.1, 0.15) is 17.2 Å². The first kappa shape index (κ1) is 18.3. The Morgan fingerprint density at radius 1 is 1.35 bits per heavy atom. The van der Waals surface area contributed by atoms with Crippen molar-refractivity contribution in [3.8, 4) is 11.1 Å². The standard InChI is InChI=1S/C19H20FN3O2S/c1-3-4-12(2)22-16(24)9-23-11-21-18-17(19(23)25)15(10-26-18)13-5-7-14(20)8-6-13/h5-8,10-12H,3-4,9H2,1-2H3,(H,22,24)/t12-/m1/s1. The highest BCUT2D eigenvalue weighted by atomic mass is 32.1. The Hall–Kier alpha value is -2.54. The fraction of sp³-hybridized carbons (Fsp3) is 0.316. The molecule has 0 saturated carbocycles. The Labute approximate surface area is 154 Å². The molecule has 0 aliphatic rings. The number of hydrogen-bond acceptors (Lipinski definition) is 4. The van der Waals surface area contributed by atoms with Gasteiger partial charge >= 0.3 is 0 Å². The third kappa shape index (κ3) is 3.83. The van der Waals surface area contributed by atoms with Crippen LogP contribution in [0.5, 0.6) is 0 Å². The van der Waals surface area contributed by atoms with E-state index in [4.69, 9.17) is 0 Å². The molecule has 1 amide bonds. The fourth-order valence-electron chi connectivity index (χ4n) is 2.90. The van der Waals surface area contributed by atoms with Gasteiger partial charge < -0.3 is 5.32 Å². The predicted octanol–water partition coefficient (Wildman–Crippen LogP) is 3.57. The van der Waals surface area contributed by atoms with Crippen LogP contribution in [0.2, 0.25) is 0 Å². The number of amides is 1. The number of hydrogen-bond donors (Lipinski definition) is 1. The molecule has 0 radical (unpaired) electrons. The molecule has 1 N–H and O–H groups in total. The molecule has 7 heteroatoms. The van der Waals surface area contributed by atoms with Crippen molar-refractivity contribution in [1.82, 2.24) is 14.9 Å². The van der Waals surface area contributed by atoms with E-state index in [1.165, 1.54) is 34.4 Å². The van der Waals surface area contributed by atoms with Crippen LogP contribution in [0, 0.1) is 5.82 Å². The number of halogens is 1. The molecule has 26 heavy (non-hydrogen) atoms. The van der Waals surface area contributed by atoms with Gasteiger partial charge in [0.25, 0.3) is 5.56 Å². The molecule has 2 heterocycles. The van der Waals surface area contributed by atoms with E-state index in [-0.39, 0.29) is 29.9 Å². The number of aromatic nitrogens is 2. The highest BCUT2D eigenvalue weighted by Gasteiger charge is 2.15. The number of carbonyl (C=O) groups is 1. The van der Waals surface area contributed by atoms with E-state index >= 15 is 0 Å². The molecule has 3 rings (SSSR count). The van der Waals surface area contributed by atoms with Crippen LogP contribution in [0.4, 0.5) is 4.39 Å². The van der Waals surface area contributed by atoms with Gasteiger partial charge in [0.05, 0.1) is 11.7 Å². The lowest BCUT2D eigenvalue weighted by Crippen LogP contribution is -2.37. The summed E-state index contributed by atoms with van der Waals surface area (Å²) in [6.07, 6.45) is 3.27. The lowest BCUT2D eigenvalue weighted by atomic mass is 10.1. The number of thiophene rings is 1. The van der Waals surface area contributed by atoms with Crippen LogP contribution in [0.3, 0.4) is 0 Å². The third-order valence-corrected chi connectivity index (χ3v) is 5.05. The molecule has 0 unspecified atom stereocenters. The van der Waals surface area contributed by atoms with E-state index in [2.05, 4.69) is 17.2 Å². The number of benzene rings is 1. The fourth-order valence-corrected chi connectivity index (χ4v) is 3.81. The summed E-state index contributed by atoms with van der Waals surface area (Å²) in [6, 6.07) is 6.04. The number of carbonyl (C=O) groups excluding carboxylic acids is 1. The average Bonchev–Trinajstić information content (AvgIpc) is 3.03. The Kier molecular flexibility index (Phi) is 5.46. The molecule has 0 aliphatic heterocycles. The average molecular weight is 373 g/mol. The smallest absolute Gasteiger partial charge is 0.263 e. The minimum atomic E-state index is -0.332. The van der Waals surface area contributed by atoms with Gasteiger partial charge in [0, 0.05) is 17.0 Å². The van der Waals surface area contributed by atoms with E-state index in [9.17, 15) is 14.0 Å². The highest BCUT2D eigenvalue weighted by molar-refractivity contribution is 7.17. The molecule has 2 aromatic heterocycles. The first-order valence-corrected chi connectivity index (χ1v) is 9.39. The van der Waals surface area contributed by atoms with Crippen LogP contribution >= 0.6 is 11.3 Å². The van der Waals surface area contributed by atoms with Crippen LogP contribution in [-0.2, 0) is 11.3 Å². The SMILES string of the molecule is CCC[C@@H](C)NC(=O)Cn1cnc2scc(-c3ccc(F)cc3)c2c1=O. The van der Waals surface area contributed by atoms with Crippen molar-refractivity contribution in [1.29, 1.82) is 0 Å². The van der Waals surface area contributed by atoms with Gasteiger partial charge in [-0.3, -0.25) is 14.2 Å². The maximum atomic E-state index is 13.2. The van der Waals surface area contributed by atoms with Gasteiger partial charge in [-0.15, -0.1) is 11.3 Å². The zero-order chi connectivity index (χ0) is 18.7. The highest BCUT2D eigenvalue weighted by Crippen LogP contribution is 2.30. The molecular weight excluding hydrogens is 353 g/mol. The van der Waals surface area contributed by atoms with Crippen LogP contribution in [0.15, 0.2) is 40.8 Å². The molecule has 0 fully saturated rings. The number of nitrogens with zero attached hydrogens (tertiary/aromatic N) is 2.